The van der Waals surface area contributed by atoms with E-state index in [4.69, 9.17) is 4.74 Å². The molecule has 2 aromatic carbocycles. The lowest BCUT2D eigenvalue weighted by atomic mass is 10.2. The van der Waals surface area contributed by atoms with Crippen molar-refractivity contribution >= 4 is 15.9 Å². The molecule has 0 aliphatic rings. The molecule has 0 saturated carbocycles. The number of rotatable bonds is 3. The van der Waals surface area contributed by atoms with Gasteiger partial charge < -0.3 is 9.84 Å². The van der Waals surface area contributed by atoms with Gasteiger partial charge in [0.2, 0.25) is 0 Å². The van der Waals surface area contributed by atoms with E-state index in [9.17, 15) is 9.50 Å². The first-order valence-electron chi connectivity index (χ1n) is 5.02. The molecule has 2 rings (SSSR count). The van der Waals surface area contributed by atoms with Crippen LogP contribution in [0.1, 0.15) is 5.56 Å². The van der Waals surface area contributed by atoms with Crippen molar-refractivity contribution in [1.82, 2.24) is 0 Å². The van der Waals surface area contributed by atoms with E-state index >= 15 is 0 Å². The van der Waals surface area contributed by atoms with E-state index in [0.29, 0.717) is 17.1 Å². The van der Waals surface area contributed by atoms with Crippen molar-refractivity contribution < 1.29 is 14.2 Å². The Morgan fingerprint density at radius 3 is 2.71 bits per heavy atom. The highest BCUT2D eigenvalue weighted by Crippen LogP contribution is 2.28. The number of halogens is 2. The SMILES string of the molecule is OCc1ccc(Br)cc1Oc1cccc(F)c1. The van der Waals surface area contributed by atoms with E-state index in [2.05, 4.69) is 15.9 Å². The van der Waals surface area contributed by atoms with Crippen molar-refractivity contribution in [1.29, 1.82) is 0 Å². The zero-order valence-corrected chi connectivity index (χ0v) is 10.4. The molecular formula is C13H10BrFO2. The van der Waals surface area contributed by atoms with Crippen LogP contribution in [0.5, 0.6) is 11.5 Å². The maximum atomic E-state index is 13.0. The Kier molecular flexibility index (Phi) is 3.76. The molecule has 2 nitrogen and oxygen atoms in total. The molecule has 0 fully saturated rings. The van der Waals surface area contributed by atoms with Gasteiger partial charge in [0.1, 0.15) is 17.3 Å². The average molecular weight is 297 g/mol. The minimum Gasteiger partial charge on any atom is -0.457 e. The second-order valence-corrected chi connectivity index (χ2v) is 4.39. The Bertz CT molecular complexity index is 529. The first-order chi connectivity index (χ1) is 8.19. The van der Waals surface area contributed by atoms with Crippen molar-refractivity contribution in [2.45, 2.75) is 6.61 Å². The Morgan fingerprint density at radius 1 is 1.18 bits per heavy atom. The lowest BCUT2D eigenvalue weighted by molar-refractivity contribution is 0.276. The molecule has 17 heavy (non-hydrogen) atoms. The topological polar surface area (TPSA) is 29.5 Å². The van der Waals surface area contributed by atoms with Crippen LogP contribution >= 0.6 is 15.9 Å². The third-order valence-electron chi connectivity index (χ3n) is 2.22. The Balaban J connectivity index is 2.32. The third-order valence-corrected chi connectivity index (χ3v) is 2.72. The first-order valence-corrected chi connectivity index (χ1v) is 5.81. The highest BCUT2D eigenvalue weighted by molar-refractivity contribution is 9.10. The van der Waals surface area contributed by atoms with Gasteiger partial charge in [-0.05, 0) is 24.3 Å². The van der Waals surface area contributed by atoms with Gasteiger partial charge in [0.15, 0.2) is 0 Å². The summed E-state index contributed by atoms with van der Waals surface area (Å²) in [4.78, 5) is 0. The number of benzene rings is 2. The third kappa shape index (κ3) is 3.05. The van der Waals surface area contributed by atoms with Gasteiger partial charge in [-0.1, -0.05) is 28.1 Å². The Hall–Kier alpha value is -1.39. The van der Waals surface area contributed by atoms with Crippen molar-refractivity contribution in [3.05, 3.63) is 58.3 Å². The van der Waals surface area contributed by atoms with Gasteiger partial charge >= 0.3 is 0 Å². The molecule has 0 amide bonds. The van der Waals surface area contributed by atoms with E-state index in [1.165, 1.54) is 12.1 Å². The Morgan fingerprint density at radius 2 is 2.00 bits per heavy atom. The quantitative estimate of drug-likeness (QED) is 0.931. The van der Waals surface area contributed by atoms with Crippen LogP contribution in [-0.4, -0.2) is 5.11 Å². The molecular weight excluding hydrogens is 287 g/mol. The number of ether oxygens (including phenoxy) is 1. The van der Waals surface area contributed by atoms with Gasteiger partial charge in [-0.2, -0.15) is 0 Å². The van der Waals surface area contributed by atoms with E-state index < -0.39 is 0 Å². The predicted molar refractivity (Wildman–Crippen MR) is 66.5 cm³/mol. The monoisotopic (exact) mass is 296 g/mol. The number of aliphatic hydroxyl groups is 1. The number of aliphatic hydroxyl groups excluding tert-OH is 1. The molecule has 0 aliphatic carbocycles. The minimum atomic E-state index is -0.358. The molecule has 0 bridgehead atoms. The molecule has 2 aromatic rings. The van der Waals surface area contributed by atoms with Crippen molar-refractivity contribution in [2.75, 3.05) is 0 Å². The summed E-state index contributed by atoms with van der Waals surface area (Å²) in [6.45, 7) is -0.127. The second-order valence-electron chi connectivity index (χ2n) is 3.47. The summed E-state index contributed by atoms with van der Waals surface area (Å²) in [7, 11) is 0. The molecule has 0 unspecified atom stereocenters. The largest absolute Gasteiger partial charge is 0.457 e. The van der Waals surface area contributed by atoms with Crippen molar-refractivity contribution in [2.24, 2.45) is 0 Å². The van der Waals surface area contributed by atoms with Crippen LogP contribution in [0.25, 0.3) is 0 Å². The summed E-state index contributed by atoms with van der Waals surface area (Å²) in [5.41, 5.74) is 0.650. The molecule has 0 aromatic heterocycles. The highest BCUT2D eigenvalue weighted by atomic mass is 79.9. The summed E-state index contributed by atoms with van der Waals surface area (Å²) >= 11 is 3.32. The fourth-order valence-corrected chi connectivity index (χ4v) is 1.75. The summed E-state index contributed by atoms with van der Waals surface area (Å²) < 4.78 is 19.4. The van der Waals surface area contributed by atoms with Crippen LogP contribution in [0.2, 0.25) is 0 Å². The zero-order chi connectivity index (χ0) is 12.3. The fraction of sp³-hybridized carbons (Fsp3) is 0.0769. The zero-order valence-electron chi connectivity index (χ0n) is 8.86. The van der Waals surface area contributed by atoms with Crippen LogP contribution < -0.4 is 4.74 Å². The smallest absolute Gasteiger partial charge is 0.134 e. The molecule has 1 N–H and O–H groups in total. The van der Waals surface area contributed by atoms with Crippen molar-refractivity contribution in [3.63, 3.8) is 0 Å². The van der Waals surface area contributed by atoms with Crippen molar-refractivity contribution in [3.8, 4) is 11.5 Å². The van der Waals surface area contributed by atoms with Gasteiger partial charge in [-0.3, -0.25) is 0 Å². The number of hydrogen-bond donors (Lipinski definition) is 1. The fourth-order valence-electron chi connectivity index (χ4n) is 1.41. The van der Waals surface area contributed by atoms with E-state index in [1.54, 1.807) is 24.3 Å². The molecule has 0 spiro atoms. The lowest BCUT2D eigenvalue weighted by Crippen LogP contribution is -1.92. The molecule has 0 heterocycles. The molecule has 88 valence electrons. The summed E-state index contributed by atoms with van der Waals surface area (Å²) in [5, 5.41) is 9.17. The molecule has 0 aliphatic heterocycles. The maximum Gasteiger partial charge on any atom is 0.134 e. The summed E-state index contributed by atoms with van der Waals surface area (Å²) in [6, 6.07) is 11.2. The second kappa shape index (κ2) is 5.29. The summed E-state index contributed by atoms with van der Waals surface area (Å²) in [6.07, 6.45) is 0. The predicted octanol–water partition coefficient (Wildman–Crippen LogP) is 3.87. The van der Waals surface area contributed by atoms with Crippen LogP contribution in [0.3, 0.4) is 0 Å². The normalized spacial score (nSPS) is 10.3. The highest BCUT2D eigenvalue weighted by Gasteiger charge is 2.05. The van der Waals surface area contributed by atoms with E-state index in [-0.39, 0.29) is 12.4 Å². The van der Waals surface area contributed by atoms with Gasteiger partial charge in [0.25, 0.3) is 0 Å². The lowest BCUT2D eigenvalue weighted by Gasteiger charge is -2.10. The molecule has 0 saturated heterocycles. The Labute approximate surface area is 107 Å². The van der Waals surface area contributed by atoms with Gasteiger partial charge in [-0.15, -0.1) is 0 Å². The van der Waals surface area contributed by atoms with Gasteiger partial charge in [0, 0.05) is 16.1 Å². The first kappa shape index (κ1) is 12.1. The maximum absolute atomic E-state index is 13.0. The van der Waals surface area contributed by atoms with Gasteiger partial charge in [0.05, 0.1) is 6.61 Å². The minimum absolute atomic E-state index is 0.127. The van der Waals surface area contributed by atoms with E-state index in [0.717, 1.165) is 4.47 Å². The van der Waals surface area contributed by atoms with Crippen LogP contribution in [0.15, 0.2) is 46.9 Å². The number of hydrogen-bond acceptors (Lipinski definition) is 2. The van der Waals surface area contributed by atoms with Crippen LogP contribution in [-0.2, 0) is 6.61 Å². The van der Waals surface area contributed by atoms with Crippen LogP contribution in [0.4, 0.5) is 4.39 Å². The van der Waals surface area contributed by atoms with Crippen LogP contribution in [0, 0.1) is 5.82 Å². The average Bonchev–Trinajstić information content (AvgIpc) is 2.29. The standard InChI is InChI=1S/C13H10BrFO2/c14-10-5-4-9(8-16)13(6-10)17-12-3-1-2-11(15)7-12/h1-7,16H,8H2. The summed E-state index contributed by atoms with van der Waals surface area (Å²) in [5.74, 6) is 0.549. The molecule has 0 radical (unpaired) electrons. The molecule has 4 heteroatoms. The van der Waals surface area contributed by atoms with Gasteiger partial charge in [-0.25, -0.2) is 4.39 Å². The van der Waals surface area contributed by atoms with E-state index in [1.807, 2.05) is 6.07 Å². The molecule has 0 atom stereocenters.